The van der Waals surface area contributed by atoms with E-state index in [0.717, 1.165) is 54.6 Å². The summed E-state index contributed by atoms with van der Waals surface area (Å²) in [7, 11) is 0. The van der Waals surface area contributed by atoms with E-state index in [9.17, 15) is 4.79 Å². The molecule has 4 aromatic rings. The van der Waals surface area contributed by atoms with Crippen LogP contribution in [0.5, 0.6) is 0 Å². The molecule has 1 aromatic carbocycles. The van der Waals surface area contributed by atoms with Crippen molar-refractivity contribution in [3.63, 3.8) is 0 Å². The molecule has 1 aliphatic heterocycles. The highest BCUT2D eigenvalue weighted by atomic mass is 35.5. The number of carbonyl (C=O) groups is 1. The summed E-state index contributed by atoms with van der Waals surface area (Å²) in [6, 6.07) is 6.10. The maximum Gasteiger partial charge on any atom is 0.247 e. The van der Waals surface area contributed by atoms with E-state index < -0.39 is 0 Å². The van der Waals surface area contributed by atoms with Gasteiger partial charge in [-0.1, -0.05) is 25.1 Å². The van der Waals surface area contributed by atoms with Crippen LogP contribution in [0.25, 0.3) is 16.7 Å². The van der Waals surface area contributed by atoms with E-state index in [4.69, 9.17) is 16.6 Å². The van der Waals surface area contributed by atoms with E-state index in [1.165, 1.54) is 6.08 Å². The number of benzene rings is 1. The lowest BCUT2D eigenvalue weighted by Crippen LogP contribution is -2.34. The fourth-order valence-electron chi connectivity index (χ4n) is 4.66. The number of aryl methyl sites for hydroxylation is 1. The molecule has 1 fully saturated rings. The summed E-state index contributed by atoms with van der Waals surface area (Å²) in [5.41, 5.74) is 3.47. The van der Waals surface area contributed by atoms with Crippen LogP contribution in [-0.4, -0.2) is 54.8 Å². The Balaban J connectivity index is 1.38. The van der Waals surface area contributed by atoms with Gasteiger partial charge in [0.1, 0.15) is 5.02 Å². The number of rotatable bonds is 7. The first-order chi connectivity index (χ1) is 17.4. The smallest absolute Gasteiger partial charge is 0.247 e. The molecule has 2 N–H and O–H groups in total. The zero-order chi connectivity index (χ0) is 25.2. The number of fused-ring (bicyclic) bond motifs is 1. The van der Waals surface area contributed by atoms with Crippen LogP contribution in [-0.2, 0) is 4.79 Å². The molecule has 0 bridgehead atoms. The van der Waals surface area contributed by atoms with Gasteiger partial charge in [0.2, 0.25) is 11.9 Å². The molecule has 4 heterocycles. The molecule has 3 aromatic heterocycles. The highest BCUT2D eigenvalue weighted by Gasteiger charge is 2.20. The maximum absolute atomic E-state index is 11.7. The SMILES string of the molecule is C=CC(=O)Nc1ccc2c(c1)c(C)cn2-c1nc(Nc2cnn(C3CCN(CC)CC3)c2)ncc1Cl. The molecule has 1 saturated heterocycles. The van der Waals surface area contributed by atoms with Crippen LogP contribution < -0.4 is 10.6 Å². The minimum atomic E-state index is -0.254. The van der Waals surface area contributed by atoms with Crippen LogP contribution in [0.4, 0.5) is 17.3 Å². The molecule has 1 aliphatic rings. The highest BCUT2D eigenvalue weighted by Crippen LogP contribution is 2.30. The lowest BCUT2D eigenvalue weighted by molar-refractivity contribution is -0.111. The summed E-state index contributed by atoms with van der Waals surface area (Å²) >= 11 is 6.53. The van der Waals surface area contributed by atoms with Gasteiger partial charge in [-0.2, -0.15) is 10.1 Å². The van der Waals surface area contributed by atoms with Crippen molar-refractivity contribution in [2.45, 2.75) is 32.7 Å². The molecular formula is C26H29ClN8O. The number of aromatic nitrogens is 5. The number of carbonyl (C=O) groups excluding carboxylic acids is 1. The number of likely N-dealkylation sites (tertiary alicyclic amines) is 1. The topological polar surface area (TPSA) is 92.9 Å². The Bertz CT molecular complexity index is 1420. The van der Waals surface area contributed by atoms with Crippen LogP contribution in [0.1, 0.15) is 31.4 Å². The van der Waals surface area contributed by atoms with Gasteiger partial charge in [0.05, 0.1) is 29.6 Å². The van der Waals surface area contributed by atoms with E-state index in [1.54, 1.807) is 12.4 Å². The quantitative estimate of drug-likeness (QED) is 0.340. The third-order valence-electron chi connectivity index (χ3n) is 6.65. The third kappa shape index (κ3) is 4.84. The molecule has 0 aliphatic carbocycles. The van der Waals surface area contributed by atoms with Gasteiger partial charge >= 0.3 is 0 Å². The van der Waals surface area contributed by atoms with Crippen molar-refractivity contribution in [1.82, 2.24) is 29.2 Å². The van der Waals surface area contributed by atoms with E-state index in [-0.39, 0.29) is 5.91 Å². The minimum absolute atomic E-state index is 0.254. The number of anilines is 3. The Morgan fingerprint density at radius 3 is 2.78 bits per heavy atom. The number of nitrogens with one attached hydrogen (secondary N) is 2. The van der Waals surface area contributed by atoms with Gasteiger partial charge < -0.3 is 15.5 Å². The molecule has 9 nitrogen and oxygen atoms in total. The largest absolute Gasteiger partial charge is 0.323 e. The third-order valence-corrected chi connectivity index (χ3v) is 6.91. The fourth-order valence-corrected chi connectivity index (χ4v) is 4.84. The lowest BCUT2D eigenvalue weighted by atomic mass is 10.1. The van der Waals surface area contributed by atoms with Gasteiger partial charge in [-0.25, -0.2) is 4.98 Å². The molecule has 10 heteroatoms. The molecule has 0 saturated carbocycles. The number of hydrogen-bond acceptors (Lipinski definition) is 6. The molecular weight excluding hydrogens is 476 g/mol. The maximum atomic E-state index is 11.7. The van der Waals surface area contributed by atoms with E-state index in [2.05, 4.69) is 39.1 Å². The van der Waals surface area contributed by atoms with Crippen LogP contribution in [0.3, 0.4) is 0 Å². The lowest BCUT2D eigenvalue weighted by Gasteiger charge is -2.31. The van der Waals surface area contributed by atoms with Crippen LogP contribution in [0.15, 0.2) is 55.6 Å². The van der Waals surface area contributed by atoms with E-state index >= 15 is 0 Å². The second kappa shape index (κ2) is 10.1. The number of hydrogen-bond donors (Lipinski definition) is 2. The van der Waals surface area contributed by atoms with Crippen molar-refractivity contribution in [3.05, 3.63) is 66.2 Å². The molecule has 0 unspecified atom stereocenters. The first-order valence-corrected chi connectivity index (χ1v) is 12.4. The average molecular weight is 505 g/mol. The van der Waals surface area contributed by atoms with Crippen molar-refractivity contribution in [1.29, 1.82) is 0 Å². The number of piperidine rings is 1. The number of halogens is 1. The standard InChI is InChI=1S/C26H29ClN8O/c1-4-24(36)30-18-6-7-23-21(12-18)17(3)15-34(23)25-22(27)14-28-26(32-25)31-19-13-29-35(16-19)20-8-10-33(5-2)11-9-20/h4,6-7,12-16,20H,1,5,8-11H2,2-3H3,(H,30,36)(H,28,31,32). The van der Waals surface area contributed by atoms with Gasteiger partial charge in [-0.15, -0.1) is 0 Å². The summed E-state index contributed by atoms with van der Waals surface area (Å²) < 4.78 is 3.97. The molecule has 36 heavy (non-hydrogen) atoms. The second-order valence-electron chi connectivity index (χ2n) is 8.97. The summed E-state index contributed by atoms with van der Waals surface area (Å²) in [6.07, 6.45) is 10.8. The molecule has 5 rings (SSSR count). The molecule has 186 valence electrons. The molecule has 0 spiro atoms. The predicted molar refractivity (Wildman–Crippen MR) is 143 cm³/mol. The van der Waals surface area contributed by atoms with Crippen molar-refractivity contribution < 1.29 is 4.79 Å². The first-order valence-electron chi connectivity index (χ1n) is 12.1. The molecule has 0 atom stereocenters. The van der Waals surface area contributed by atoms with Gasteiger partial charge in [-0.3, -0.25) is 14.0 Å². The van der Waals surface area contributed by atoms with Crippen molar-refractivity contribution in [2.75, 3.05) is 30.3 Å². The van der Waals surface area contributed by atoms with Crippen molar-refractivity contribution >= 4 is 45.7 Å². The zero-order valence-electron chi connectivity index (χ0n) is 20.4. The van der Waals surface area contributed by atoms with Gasteiger partial charge in [0.25, 0.3) is 0 Å². The Kier molecular flexibility index (Phi) is 6.75. The summed E-state index contributed by atoms with van der Waals surface area (Å²) in [6.45, 7) is 11.0. The zero-order valence-corrected chi connectivity index (χ0v) is 21.2. The summed E-state index contributed by atoms with van der Waals surface area (Å²) in [5, 5.41) is 12.1. The Morgan fingerprint density at radius 1 is 1.22 bits per heavy atom. The molecule has 1 amide bonds. The van der Waals surface area contributed by atoms with Crippen molar-refractivity contribution in [2.24, 2.45) is 0 Å². The number of nitrogens with zero attached hydrogens (tertiary/aromatic N) is 6. The van der Waals surface area contributed by atoms with Crippen LogP contribution in [0, 0.1) is 6.92 Å². The number of amides is 1. The minimum Gasteiger partial charge on any atom is -0.323 e. The normalized spacial score (nSPS) is 14.8. The van der Waals surface area contributed by atoms with Gasteiger partial charge in [0.15, 0.2) is 5.82 Å². The van der Waals surface area contributed by atoms with Crippen LogP contribution in [0.2, 0.25) is 5.02 Å². The second-order valence-corrected chi connectivity index (χ2v) is 9.38. The Hall–Kier alpha value is -3.69. The monoisotopic (exact) mass is 504 g/mol. The van der Waals surface area contributed by atoms with E-state index in [1.807, 2.05) is 46.8 Å². The van der Waals surface area contributed by atoms with Crippen LogP contribution >= 0.6 is 11.6 Å². The van der Waals surface area contributed by atoms with Gasteiger partial charge in [-0.05, 0) is 56.1 Å². The Labute approximate surface area is 214 Å². The average Bonchev–Trinajstić information content (AvgIpc) is 3.49. The summed E-state index contributed by atoms with van der Waals surface area (Å²) in [5.74, 6) is 0.745. The van der Waals surface area contributed by atoms with Crippen molar-refractivity contribution in [3.8, 4) is 5.82 Å². The molecule has 0 radical (unpaired) electrons. The van der Waals surface area contributed by atoms with Gasteiger partial charge in [0, 0.05) is 36.6 Å². The Morgan fingerprint density at radius 2 is 2.03 bits per heavy atom. The van der Waals surface area contributed by atoms with E-state index in [0.29, 0.717) is 28.5 Å². The fraction of sp³-hybridized carbons (Fsp3) is 0.308. The summed E-state index contributed by atoms with van der Waals surface area (Å²) in [4.78, 5) is 23.2. The first kappa shape index (κ1) is 24.0. The predicted octanol–water partition coefficient (Wildman–Crippen LogP) is 5.10. The highest BCUT2D eigenvalue weighted by molar-refractivity contribution is 6.32.